The predicted molar refractivity (Wildman–Crippen MR) is 81.3 cm³/mol. The van der Waals surface area contributed by atoms with E-state index in [1.807, 2.05) is 5.38 Å². The summed E-state index contributed by atoms with van der Waals surface area (Å²) in [6.45, 7) is 0.623. The highest BCUT2D eigenvalue weighted by Crippen LogP contribution is 2.31. The maximum Gasteiger partial charge on any atom is 0.220 e. The minimum atomic E-state index is 0. The number of halogens is 2. The van der Waals surface area contributed by atoms with Gasteiger partial charge < -0.3 is 11.1 Å². The van der Waals surface area contributed by atoms with Crippen LogP contribution in [0.3, 0.4) is 0 Å². The molecule has 0 bridgehead atoms. The Kier molecular flexibility index (Phi) is 6.63. The molecule has 0 saturated heterocycles. The van der Waals surface area contributed by atoms with Crippen molar-refractivity contribution in [3.8, 4) is 0 Å². The van der Waals surface area contributed by atoms with Gasteiger partial charge in [-0.1, -0.05) is 0 Å². The number of thiophene rings is 1. The molecule has 1 saturated carbocycles. The molecule has 102 valence electrons. The molecule has 2 rings (SSSR count). The zero-order valence-corrected chi connectivity index (χ0v) is 13.2. The normalized spacial score (nSPS) is 15.9. The molecule has 1 fully saturated rings. The Morgan fingerprint density at radius 2 is 2.33 bits per heavy atom. The van der Waals surface area contributed by atoms with Crippen LogP contribution in [0, 0.1) is 5.92 Å². The molecule has 1 atom stereocenters. The molecule has 1 heterocycles. The first kappa shape index (κ1) is 16.0. The van der Waals surface area contributed by atoms with E-state index >= 15 is 0 Å². The van der Waals surface area contributed by atoms with Crippen molar-refractivity contribution in [2.24, 2.45) is 11.7 Å². The lowest BCUT2D eigenvalue weighted by Gasteiger charge is -2.11. The Morgan fingerprint density at radius 1 is 1.61 bits per heavy atom. The fourth-order valence-electron chi connectivity index (χ4n) is 1.73. The Hall–Kier alpha value is -0.100. The third-order valence-corrected chi connectivity index (χ3v) is 4.74. The third kappa shape index (κ3) is 5.26. The van der Waals surface area contributed by atoms with Crippen molar-refractivity contribution in [1.82, 2.24) is 5.32 Å². The van der Waals surface area contributed by atoms with Crippen LogP contribution in [0.4, 0.5) is 0 Å². The summed E-state index contributed by atoms with van der Waals surface area (Å²) in [5, 5.41) is 4.95. The van der Waals surface area contributed by atoms with Gasteiger partial charge in [0.1, 0.15) is 0 Å². The van der Waals surface area contributed by atoms with Crippen molar-refractivity contribution < 1.29 is 4.79 Å². The van der Waals surface area contributed by atoms with Crippen molar-refractivity contribution in [2.45, 2.75) is 31.7 Å². The van der Waals surface area contributed by atoms with Gasteiger partial charge in [0, 0.05) is 33.7 Å². The lowest BCUT2D eigenvalue weighted by atomic mass is 10.2. The van der Waals surface area contributed by atoms with E-state index in [0.717, 1.165) is 10.9 Å². The second kappa shape index (κ2) is 7.48. The average Bonchev–Trinajstić information content (AvgIpc) is 3.07. The minimum Gasteiger partial charge on any atom is -0.355 e. The molecule has 1 aromatic rings. The highest BCUT2D eigenvalue weighted by molar-refractivity contribution is 9.10. The molecule has 0 spiro atoms. The Balaban J connectivity index is 0.00000162. The predicted octanol–water partition coefficient (Wildman–Crippen LogP) is 2.72. The first-order valence-electron chi connectivity index (χ1n) is 5.90. The Labute approximate surface area is 126 Å². The average molecular weight is 354 g/mol. The van der Waals surface area contributed by atoms with E-state index in [-0.39, 0.29) is 24.4 Å². The number of carbonyl (C=O) groups excluding carboxylic acids is 1. The Morgan fingerprint density at radius 3 is 2.89 bits per heavy atom. The topological polar surface area (TPSA) is 55.1 Å². The minimum absolute atomic E-state index is 0. The van der Waals surface area contributed by atoms with Crippen LogP contribution < -0.4 is 11.1 Å². The molecular weight excluding hydrogens is 336 g/mol. The lowest BCUT2D eigenvalue weighted by molar-refractivity contribution is -0.121. The number of nitrogens with one attached hydrogen (secondary N) is 1. The quantitative estimate of drug-likeness (QED) is 0.826. The van der Waals surface area contributed by atoms with E-state index in [4.69, 9.17) is 5.73 Å². The molecule has 0 aliphatic heterocycles. The van der Waals surface area contributed by atoms with Crippen molar-refractivity contribution in [2.75, 3.05) is 6.54 Å². The fraction of sp³-hybridized carbons (Fsp3) is 0.583. The number of aryl methyl sites for hydroxylation is 1. The fourth-order valence-corrected chi connectivity index (χ4v) is 3.19. The van der Waals surface area contributed by atoms with E-state index < -0.39 is 0 Å². The van der Waals surface area contributed by atoms with Crippen molar-refractivity contribution in [3.63, 3.8) is 0 Å². The molecule has 3 N–H and O–H groups in total. The summed E-state index contributed by atoms with van der Waals surface area (Å²) in [4.78, 5) is 12.8. The van der Waals surface area contributed by atoms with Crippen molar-refractivity contribution in [3.05, 3.63) is 20.8 Å². The number of hydrogen-bond acceptors (Lipinski definition) is 3. The summed E-state index contributed by atoms with van der Waals surface area (Å²) in [6.07, 6.45) is 3.80. The zero-order chi connectivity index (χ0) is 12.3. The van der Waals surface area contributed by atoms with Crippen LogP contribution in [-0.4, -0.2) is 18.5 Å². The van der Waals surface area contributed by atoms with Gasteiger partial charge >= 0.3 is 0 Å². The summed E-state index contributed by atoms with van der Waals surface area (Å²) in [7, 11) is 0. The lowest BCUT2D eigenvalue weighted by Crippen LogP contribution is -2.38. The van der Waals surface area contributed by atoms with Gasteiger partial charge in [0.2, 0.25) is 5.91 Å². The molecule has 1 aliphatic carbocycles. The van der Waals surface area contributed by atoms with Gasteiger partial charge in [0.05, 0.1) is 0 Å². The summed E-state index contributed by atoms with van der Waals surface area (Å²) >= 11 is 5.08. The SMILES string of the molecule is Cl.NC(CNC(=O)CCc1cc(Br)cs1)C1CC1. The van der Waals surface area contributed by atoms with Crippen LogP contribution in [0.1, 0.15) is 24.1 Å². The number of nitrogens with two attached hydrogens (primary N) is 1. The van der Waals surface area contributed by atoms with E-state index in [1.165, 1.54) is 17.7 Å². The second-order valence-corrected chi connectivity index (χ2v) is 6.45. The molecule has 1 amide bonds. The van der Waals surface area contributed by atoms with Gasteiger partial charge in [-0.2, -0.15) is 0 Å². The van der Waals surface area contributed by atoms with Gasteiger partial charge in [-0.15, -0.1) is 23.7 Å². The van der Waals surface area contributed by atoms with E-state index in [1.54, 1.807) is 11.3 Å². The molecule has 18 heavy (non-hydrogen) atoms. The molecule has 1 unspecified atom stereocenters. The van der Waals surface area contributed by atoms with Gasteiger partial charge in [-0.25, -0.2) is 0 Å². The number of rotatable bonds is 6. The monoisotopic (exact) mass is 352 g/mol. The summed E-state index contributed by atoms with van der Waals surface area (Å²) in [5.41, 5.74) is 5.92. The molecule has 1 aromatic heterocycles. The summed E-state index contributed by atoms with van der Waals surface area (Å²) in [5.74, 6) is 0.745. The van der Waals surface area contributed by atoms with Crippen LogP contribution in [0.5, 0.6) is 0 Å². The van der Waals surface area contributed by atoms with Crippen LogP contribution >= 0.6 is 39.7 Å². The van der Waals surface area contributed by atoms with Crippen LogP contribution in [0.15, 0.2) is 15.9 Å². The molecular formula is C12H18BrClN2OS. The molecule has 0 aromatic carbocycles. The number of amides is 1. The molecule has 6 heteroatoms. The van der Waals surface area contributed by atoms with Crippen LogP contribution in [0.2, 0.25) is 0 Å². The van der Waals surface area contributed by atoms with Crippen LogP contribution in [-0.2, 0) is 11.2 Å². The van der Waals surface area contributed by atoms with Crippen molar-refractivity contribution in [1.29, 1.82) is 0 Å². The van der Waals surface area contributed by atoms with Gasteiger partial charge in [0.25, 0.3) is 0 Å². The third-order valence-electron chi connectivity index (χ3n) is 2.98. The second-order valence-electron chi connectivity index (χ2n) is 4.54. The maximum absolute atomic E-state index is 11.6. The van der Waals surface area contributed by atoms with Gasteiger partial charge in [-0.3, -0.25) is 4.79 Å². The van der Waals surface area contributed by atoms with E-state index in [9.17, 15) is 4.79 Å². The summed E-state index contributed by atoms with van der Waals surface area (Å²) in [6, 6.07) is 2.21. The van der Waals surface area contributed by atoms with E-state index in [0.29, 0.717) is 18.9 Å². The molecule has 0 radical (unpaired) electrons. The number of carbonyl (C=O) groups is 1. The summed E-state index contributed by atoms with van der Waals surface area (Å²) < 4.78 is 1.09. The van der Waals surface area contributed by atoms with Gasteiger partial charge in [0.15, 0.2) is 0 Å². The Bertz CT molecular complexity index is 395. The highest BCUT2D eigenvalue weighted by atomic mass is 79.9. The first-order valence-corrected chi connectivity index (χ1v) is 7.57. The zero-order valence-electron chi connectivity index (χ0n) is 10.0. The largest absolute Gasteiger partial charge is 0.355 e. The van der Waals surface area contributed by atoms with E-state index in [2.05, 4.69) is 27.3 Å². The smallest absolute Gasteiger partial charge is 0.220 e. The highest BCUT2D eigenvalue weighted by Gasteiger charge is 2.28. The van der Waals surface area contributed by atoms with Crippen molar-refractivity contribution >= 4 is 45.6 Å². The standard InChI is InChI=1S/C12H17BrN2OS.ClH/c13-9-5-10(17-7-9)3-4-12(16)15-6-11(14)8-1-2-8;/h5,7-8,11H,1-4,6,14H2,(H,15,16);1H. The molecule has 1 aliphatic rings. The molecule has 3 nitrogen and oxygen atoms in total. The maximum atomic E-state index is 11.6. The van der Waals surface area contributed by atoms with Gasteiger partial charge in [-0.05, 0) is 47.2 Å². The van der Waals surface area contributed by atoms with Crippen LogP contribution in [0.25, 0.3) is 0 Å². The number of hydrogen-bond donors (Lipinski definition) is 2. The first-order chi connectivity index (χ1) is 8.15.